The molecule has 4 rings (SSSR count). The minimum absolute atomic E-state index is 0.0299. The molecular formula is C19H18N4O3S. The third-order valence-electron chi connectivity index (χ3n) is 4.52. The molecule has 0 saturated carbocycles. The number of hydrogen-bond acceptors (Lipinski definition) is 5. The van der Waals surface area contributed by atoms with Crippen LogP contribution in [-0.2, 0) is 24.2 Å². The Morgan fingerprint density at radius 1 is 1.22 bits per heavy atom. The molecule has 0 aliphatic heterocycles. The lowest BCUT2D eigenvalue weighted by molar-refractivity contribution is -0.114. The first kappa shape index (κ1) is 17.4. The number of thiophene rings is 1. The Morgan fingerprint density at radius 3 is 2.74 bits per heavy atom. The highest BCUT2D eigenvalue weighted by Crippen LogP contribution is 2.34. The van der Waals surface area contributed by atoms with Crippen molar-refractivity contribution in [3.63, 3.8) is 0 Å². The Labute approximate surface area is 158 Å². The number of fused-ring (bicyclic) bond motifs is 3. The van der Waals surface area contributed by atoms with Crippen molar-refractivity contribution in [2.24, 2.45) is 0 Å². The summed E-state index contributed by atoms with van der Waals surface area (Å²) in [6, 6.07) is 7.16. The highest BCUT2D eigenvalue weighted by Gasteiger charge is 2.22. The van der Waals surface area contributed by atoms with Crippen LogP contribution in [0.5, 0.6) is 0 Å². The minimum atomic E-state index is -0.423. The molecule has 27 heavy (non-hydrogen) atoms. The molecule has 2 aromatic heterocycles. The second-order valence-corrected chi connectivity index (χ2v) is 7.60. The van der Waals surface area contributed by atoms with Crippen LogP contribution >= 0.6 is 11.3 Å². The van der Waals surface area contributed by atoms with Gasteiger partial charge in [0, 0.05) is 24.0 Å². The van der Waals surface area contributed by atoms with E-state index >= 15 is 0 Å². The van der Waals surface area contributed by atoms with Crippen molar-refractivity contribution in [2.45, 2.75) is 32.7 Å². The van der Waals surface area contributed by atoms with Crippen molar-refractivity contribution >= 4 is 39.1 Å². The van der Waals surface area contributed by atoms with Gasteiger partial charge >= 0.3 is 0 Å². The summed E-state index contributed by atoms with van der Waals surface area (Å²) in [5, 5.41) is 6.09. The maximum Gasteiger partial charge on any atom is 0.287 e. The molecule has 0 saturated heterocycles. The van der Waals surface area contributed by atoms with Crippen LogP contribution in [0.2, 0.25) is 0 Å². The number of anilines is 1. The van der Waals surface area contributed by atoms with Crippen LogP contribution in [0.1, 0.15) is 40.0 Å². The Hall–Kier alpha value is -3.00. The van der Waals surface area contributed by atoms with Crippen molar-refractivity contribution in [3.8, 4) is 0 Å². The molecule has 0 bridgehead atoms. The Kier molecular flexibility index (Phi) is 4.49. The zero-order chi connectivity index (χ0) is 19.0. The molecule has 1 aliphatic carbocycles. The topological polar surface area (TPSA) is 104 Å². The van der Waals surface area contributed by atoms with Crippen molar-refractivity contribution in [1.29, 1.82) is 0 Å². The average Bonchev–Trinajstić information content (AvgIpc) is 3.21. The first-order valence-corrected chi connectivity index (χ1v) is 9.52. The first-order valence-electron chi connectivity index (χ1n) is 8.70. The molecule has 1 aliphatic rings. The Balaban J connectivity index is 1.48. The molecule has 7 nitrogen and oxygen atoms in total. The van der Waals surface area contributed by atoms with E-state index in [1.165, 1.54) is 23.1 Å². The van der Waals surface area contributed by atoms with Crippen LogP contribution in [0.25, 0.3) is 10.2 Å². The molecule has 1 aromatic carbocycles. The molecule has 0 atom stereocenters. The molecule has 3 N–H and O–H groups in total. The van der Waals surface area contributed by atoms with Crippen molar-refractivity contribution in [1.82, 2.24) is 15.3 Å². The van der Waals surface area contributed by atoms with Gasteiger partial charge in [0.25, 0.3) is 11.5 Å². The first-order chi connectivity index (χ1) is 13.0. The largest absolute Gasteiger partial charge is 0.345 e. The fourth-order valence-corrected chi connectivity index (χ4v) is 4.55. The van der Waals surface area contributed by atoms with Crippen LogP contribution in [0.3, 0.4) is 0 Å². The van der Waals surface area contributed by atoms with E-state index in [9.17, 15) is 14.4 Å². The number of H-pyrrole nitrogens is 1. The van der Waals surface area contributed by atoms with Crippen molar-refractivity contribution < 1.29 is 9.59 Å². The number of carbonyl (C=O) groups is 2. The second kappa shape index (κ2) is 6.96. The summed E-state index contributed by atoms with van der Waals surface area (Å²) in [6.07, 6.45) is 2.95. The van der Waals surface area contributed by atoms with E-state index in [1.54, 1.807) is 12.1 Å². The molecule has 2 heterocycles. The van der Waals surface area contributed by atoms with Crippen LogP contribution in [-0.4, -0.2) is 21.8 Å². The lowest BCUT2D eigenvalue weighted by atomic mass is 10.2. The number of hydrogen-bond donors (Lipinski definition) is 3. The van der Waals surface area contributed by atoms with E-state index in [2.05, 4.69) is 20.6 Å². The van der Waals surface area contributed by atoms with Gasteiger partial charge in [-0.25, -0.2) is 4.98 Å². The number of rotatable bonds is 4. The quantitative estimate of drug-likeness (QED) is 0.644. The summed E-state index contributed by atoms with van der Waals surface area (Å²) in [5.74, 6) is -0.531. The van der Waals surface area contributed by atoms with Gasteiger partial charge in [0.05, 0.1) is 5.39 Å². The average molecular weight is 382 g/mol. The van der Waals surface area contributed by atoms with E-state index < -0.39 is 5.91 Å². The van der Waals surface area contributed by atoms with Gasteiger partial charge in [-0.1, -0.05) is 12.1 Å². The fourth-order valence-electron chi connectivity index (χ4n) is 3.29. The number of aryl methyl sites for hydroxylation is 2. The van der Waals surface area contributed by atoms with Crippen LogP contribution < -0.4 is 16.2 Å². The van der Waals surface area contributed by atoms with Gasteiger partial charge in [-0.2, -0.15) is 0 Å². The van der Waals surface area contributed by atoms with E-state index in [4.69, 9.17) is 0 Å². The zero-order valence-corrected chi connectivity index (χ0v) is 15.5. The van der Waals surface area contributed by atoms with Gasteiger partial charge in [-0.05, 0) is 42.5 Å². The predicted molar refractivity (Wildman–Crippen MR) is 104 cm³/mol. The van der Waals surface area contributed by atoms with Gasteiger partial charge in [-0.15, -0.1) is 11.3 Å². The van der Waals surface area contributed by atoms with Gasteiger partial charge in [0.1, 0.15) is 4.83 Å². The molecule has 138 valence electrons. The van der Waals surface area contributed by atoms with Crippen LogP contribution in [0.15, 0.2) is 29.1 Å². The molecule has 3 aromatic rings. The van der Waals surface area contributed by atoms with E-state index in [-0.39, 0.29) is 17.3 Å². The third kappa shape index (κ3) is 3.48. The summed E-state index contributed by atoms with van der Waals surface area (Å²) >= 11 is 1.51. The third-order valence-corrected chi connectivity index (χ3v) is 5.70. The number of amides is 2. The minimum Gasteiger partial charge on any atom is -0.345 e. The highest BCUT2D eigenvalue weighted by molar-refractivity contribution is 7.18. The summed E-state index contributed by atoms with van der Waals surface area (Å²) < 4.78 is 0. The molecule has 2 amide bonds. The van der Waals surface area contributed by atoms with Crippen LogP contribution in [0, 0.1) is 0 Å². The van der Waals surface area contributed by atoms with Gasteiger partial charge < -0.3 is 15.6 Å². The van der Waals surface area contributed by atoms with Gasteiger partial charge in [0.15, 0.2) is 0 Å². The van der Waals surface area contributed by atoms with E-state index in [1.807, 2.05) is 12.1 Å². The second-order valence-electron chi connectivity index (χ2n) is 6.51. The summed E-state index contributed by atoms with van der Waals surface area (Å²) in [4.78, 5) is 44.7. The lowest BCUT2D eigenvalue weighted by Crippen LogP contribution is -2.27. The molecule has 8 heteroatoms. The maximum atomic E-state index is 12.4. The highest BCUT2D eigenvalue weighted by atomic mass is 32.1. The molecule has 0 unspecified atom stereocenters. The lowest BCUT2D eigenvalue weighted by Gasteiger charge is -2.07. The number of carbonyl (C=O) groups excluding carboxylic acids is 2. The Morgan fingerprint density at radius 2 is 2.00 bits per heavy atom. The number of benzene rings is 1. The summed E-state index contributed by atoms with van der Waals surface area (Å²) in [6.45, 7) is 1.74. The summed E-state index contributed by atoms with van der Waals surface area (Å²) in [7, 11) is 0. The predicted octanol–water partition coefficient (Wildman–Crippen LogP) is 2.36. The Bertz CT molecular complexity index is 1100. The van der Waals surface area contributed by atoms with Crippen LogP contribution in [0.4, 0.5) is 5.69 Å². The van der Waals surface area contributed by atoms with Crippen molar-refractivity contribution in [2.75, 3.05) is 5.32 Å². The zero-order valence-electron chi connectivity index (χ0n) is 14.7. The van der Waals surface area contributed by atoms with Crippen molar-refractivity contribution in [3.05, 3.63) is 56.4 Å². The molecular weight excluding hydrogens is 364 g/mol. The monoisotopic (exact) mass is 382 g/mol. The van der Waals surface area contributed by atoms with Gasteiger partial charge in [-0.3, -0.25) is 14.4 Å². The normalized spacial score (nSPS) is 12.8. The molecule has 0 spiro atoms. The SMILES string of the molecule is CC(=O)Nc1ccc(CNC(=O)c2nc3sc4c(c3c(=O)[nH]2)CCC4)cc1. The number of nitrogens with one attached hydrogen (secondary N) is 3. The number of aromatic nitrogens is 2. The molecule has 0 radical (unpaired) electrons. The maximum absolute atomic E-state index is 12.4. The molecule has 0 fully saturated rings. The smallest absolute Gasteiger partial charge is 0.287 e. The van der Waals surface area contributed by atoms with Gasteiger partial charge in [0.2, 0.25) is 11.7 Å². The van der Waals surface area contributed by atoms with E-state index in [0.29, 0.717) is 22.4 Å². The summed E-state index contributed by atoms with van der Waals surface area (Å²) in [5.41, 5.74) is 2.41. The van der Waals surface area contributed by atoms with E-state index in [0.717, 1.165) is 30.4 Å². The number of aromatic amines is 1. The number of nitrogens with zero attached hydrogens (tertiary/aromatic N) is 1. The fraction of sp³-hybridized carbons (Fsp3) is 0.263. The standard InChI is InChI=1S/C19H18N4O3S/c1-10(24)21-12-7-5-11(6-8-12)9-20-18(26)16-22-17(25)15-13-3-2-4-14(13)27-19(15)23-16/h5-8H,2-4,9H2,1H3,(H,20,26)(H,21,24)(H,22,23,25).